The Kier molecular flexibility index (Phi) is 5.84. The molecule has 0 radical (unpaired) electrons. The van der Waals surface area contributed by atoms with Gasteiger partial charge in [-0.2, -0.15) is 0 Å². The molecule has 2 aromatic carbocycles. The molecule has 1 saturated heterocycles. The summed E-state index contributed by atoms with van der Waals surface area (Å²) >= 11 is 12.2. The maximum absolute atomic E-state index is 12.6. The molecule has 0 saturated carbocycles. The molecule has 1 atom stereocenters. The second-order valence-electron chi connectivity index (χ2n) is 6.40. The zero-order valence-corrected chi connectivity index (χ0v) is 15.4. The number of nitrogens with two attached hydrogens (primary N) is 1. The van der Waals surface area contributed by atoms with Crippen LogP contribution >= 0.6 is 23.2 Å². The minimum Gasteiger partial charge on any atom is -0.399 e. The van der Waals surface area contributed by atoms with Gasteiger partial charge >= 0.3 is 0 Å². The Hall–Kier alpha value is -1.75. The van der Waals surface area contributed by atoms with Crippen LogP contribution in [-0.4, -0.2) is 29.9 Å². The third-order valence-electron chi connectivity index (χ3n) is 4.38. The summed E-state index contributed by atoms with van der Waals surface area (Å²) in [5, 5.41) is 3.60. The molecule has 1 aliphatic rings. The third kappa shape index (κ3) is 4.66. The van der Waals surface area contributed by atoms with Gasteiger partial charge in [0.25, 0.3) is 5.91 Å². The van der Waals surface area contributed by atoms with Crippen molar-refractivity contribution in [1.82, 2.24) is 10.2 Å². The van der Waals surface area contributed by atoms with E-state index in [2.05, 4.69) is 22.3 Å². The zero-order chi connectivity index (χ0) is 17.8. The Labute approximate surface area is 157 Å². The number of likely N-dealkylation sites (tertiary alicyclic amines) is 1. The van der Waals surface area contributed by atoms with Crippen molar-refractivity contribution in [2.75, 3.05) is 18.8 Å². The van der Waals surface area contributed by atoms with E-state index in [4.69, 9.17) is 28.9 Å². The predicted octanol–water partition coefficient (Wildman–Crippen LogP) is 3.97. The Bertz CT molecular complexity index is 752. The summed E-state index contributed by atoms with van der Waals surface area (Å²) in [6, 6.07) is 13.5. The van der Waals surface area contributed by atoms with Gasteiger partial charge in [0.2, 0.25) is 0 Å². The van der Waals surface area contributed by atoms with Crippen LogP contribution < -0.4 is 11.1 Å². The van der Waals surface area contributed by atoms with Gasteiger partial charge in [-0.25, -0.2) is 0 Å². The molecule has 3 rings (SSSR count). The van der Waals surface area contributed by atoms with E-state index in [-0.39, 0.29) is 17.0 Å². The summed E-state index contributed by atoms with van der Waals surface area (Å²) in [6.07, 6.45) is 1.99. The van der Waals surface area contributed by atoms with Gasteiger partial charge < -0.3 is 11.1 Å². The summed E-state index contributed by atoms with van der Waals surface area (Å²) in [5.41, 5.74) is 7.80. The number of hydrogen-bond donors (Lipinski definition) is 2. The van der Waals surface area contributed by atoms with E-state index < -0.39 is 0 Å². The topological polar surface area (TPSA) is 58.4 Å². The van der Waals surface area contributed by atoms with Crippen molar-refractivity contribution in [3.63, 3.8) is 0 Å². The molecule has 1 heterocycles. The number of halogens is 2. The minimum atomic E-state index is -0.231. The number of benzene rings is 2. The normalized spacial score (nSPS) is 18.1. The zero-order valence-electron chi connectivity index (χ0n) is 13.8. The van der Waals surface area contributed by atoms with Crippen LogP contribution in [0.1, 0.15) is 28.8 Å². The number of nitrogens with zero attached hydrogens (tertiary/aromatic N) is 1. The lowest BCUT2D eigenvalue weighted by atomic mass is 10.0. The predicted molar refractivity (Wildman–Crippen MR) is 103 cm³/mol. The number of carbonyl (C=O) groups is 1. The fourth-order valence-corrected chi connectivity index (χ4v) is 3.62. The van der Waals surface area contributed by atoms with Crippen molar-refractivity contribution in [3.05, 3.63) is 63.6 Å². The molecule has 1 aliphatic heterocycles. The molecule has 0 aromatic heterocycles. The van der Waals surface area contributed by atoms with Crippen LogP contribution in [0.4, 0.5) is 5.69 Å². The van der Waals surface area contributed by atoms with Gasteiger partial charge in [-0.3, -0.25) is 9.69 Å². The molecule has 4 nitrogen and oxygen atoms in total. The van der Waals surface area contributed by atoms with Gasteiger partial charge in [0.1, 0.15) is 0 Å². The van der Waals surface area contributed by atoms with Crippen molar-refractivity contribution in [3.8, 4) is 0 Å². The summed E-state index contributed by atoms with van der Waals surface area (Å²) in [6.45, 7) is 2.73. The maximum atomic E-state index is 12.6. The summed E-state index contributed by atoms with van der Waals surface area (Å²) in [7, 11) is 0. The van der Waals surface area contributed by atoms with Gasteiger partial charge in [0.15, 0.2) is 0 Å². The standard InChI is InChI=1S/C19H21Cl2N3O/c20-17-10-14(22)9-16(18(17)21)19(25)23-15-7-4-8-24(12-15)11-13-5-2-1-3-6-13/h1-3,5-6,9-10,15H,4,7-8,11-12,22H2,(H,23,25). The lowest BCUT2D eigenvalue weighted by Gasteiger charge is -2.33. The molecule has 1 unspecified atom stereocenters. The molecular weight excluding hydrogens is 357 g/mol. The Morgan fingerprint density at radius 1 is 1.24 bits per heavy atom. The summed E-state index contributed by atoms with van der Waals surface area (Å²) in [4.78, 5) is 14.9. The van der Waals surface area contributed by atoms with E-state index in [9.17, 15) is 4.79 Å². The van der Waals surface area contributed by atoms with Crippen LogP contribution in [-0.2, 0) is 6.54 Å². The molecule has 0 aliphatic carbocycles. The lowest BCUT2D eigenvalue weighted by Crippen LogP contribution is -2.47. The highest BCUT2D eigenvalue weighted by atomic mass is 35.5. The van der Waals surface area contributed by atoms with Gasteiger partial charge in [0.05, 0.1) is 15.6 Å². The SMILES string of the molecule is Nc1cc(Cl)c(Cl)c(C(=O)NC2CCCN(Cc3ccccc3)C2)c1. The molecule has 0 spiro atoms. The van der Waals surface area contributed by atoms with E-state index in [0.717, 1.165) is 32.5 Å². The lowest BCUT2D eigenvalue weighted by molar-refractivity contribution is 0.0901. The van der Waals surface area contributed by atoms with Crippen LogP contribution in [0.25, 0.3) is 0 Å². The van der Waals surface area contributed by atoms with Crippen LogP contribution in [0, 0.1) is 0 Å². The van der Waals surface area contributed by atoms with Crippen molar-refractivity contribution < 1.29 is 4.79 Å². The van der Waals surface area contributed by atoms with Gasteiger partial charge in [-0.05, 0) is 37.1 Å². The molecule has 1 fully saturated rings. The molecule has 6 heteroatoms. The molecule has 132 valence electrons. The number of carbonyl (C=O) groups excluding carboxylic acids is 1. The fourth-order valence-electron chi connectivity index (χ4n) is 3.20. The Morgan fingerprint density at radius 2 is 2.00 bits per heavy atom. The van der Waals surface area contributed by atoms with E-state index in [0.29, 0.717) is 16.3 Å². The first-order valence-corrected chi connectivity index (χ1v) is 9.10. The van der Waals surface area contributed by atoms with E-state index >= 15 is 0 Å². The maximum Gasteiger partial charge on any atom is 0.253 e. The number of hydrogen-bond acceptors (Lipinski definition) is 3. The van der Waals surface area contributed by atoms with Crippen molar-refractivity contribution >= 4 is 34.8 Å². The van der Waals surface area contributed by atoms with Crippen molar-refractivity contribution in [2.45, 2.75) is 25.4 Å². The highest BCUT2D eigenvalue weighted by molar-refractivity contribution is 6.44. The van der Waals surface area contributed by atoms with E-state index in [1.807, 2.05) is 18.2 Å². The van der Waals surface area contributed by atoms with Gasteiger partial charge in [0, 0.05) is 24.8 Å². The summed E-state index contributed by atoms with van der Waals surface area (Å²) in [5.74, 6) is -0.231. The third-order valence-corrected chi connectivity index (χ3v) is 5.19. The number of piperidine rings is 1. The van der Waals surface area contributed by atoms with E-state index in [1.165, 1.54) is 5.56 Å². The van der Waals surface area contributed by atoms with Crippen LogP contribution in [0.3, 0.4) is 0 Å². The molecule has 0 bridgehead atoms. The smallest absolute Gasteiger partial charge is 0.253 e. The first-order valence-electron chi connectivity index (χ1n) is 8.34. The monoisotopic (exact) mass is 377 g/mol. The number of nitrogens with one attached hydrogen (secondary N) is 1. The first kappa shape index (κ1) is 18.1. The van der Waals surface area contributed by atoms with Crippen LogP contribution in [0.15, 0.2) is 42.5 Å². The highest BCUT2D eigenvalue weighted by Gasteiger charge is 2.23. The number of rotatable bonds is 4. The Morgan fingerprint density at radius 3 is 2.76 bits per heavy atom. The summed E-state index contributed by atoms with van der Waals surface area (Å²) < 4.78 is 0. The number of anilines is 1. The average Bonchev–Trinajstić information content (AvgIpc) is 2.59. The average molecular weight is 378 g/mol. The second kappa shape index (κ2) is 8.09. The molecule has 1 amide bonds. The van der Waals surface area contributed by atoms with Crippen LogP contribution in [0.5, 0.6) is 0 Å². The minimum absolute atomic E-state index is 0.0845. The molecule has 25 heavy (non-hydrogen) atoms. The highest BCUT2D eigenvalue weighted by Crippen LogP contribution is 2.29. The number of nitrogen functional groups attached to an aromatic ring is 1. The van der Waals surface area contributed by atoms with Gasteiger partial charge in [-0.15, -0.1) is 0 Å². The molecule has 2 aromatic rings. The van der Waals surface area contributed by atoms with Gasteiger partial charge in [-0.1, -0.05) is 53.5 Å². The van der Waals surface area contributed by atoms with Crippen molar-refractivity contribution in [2.24, 2.45) is 0 Å². The quantitative estimate of drug-likeness (QED) is 0.792. The number of amides is 1. The van der Waals surface area contributed by atoms with E-state index in [1.54, 1.807) is 12.1 Å². The first-order chi connectivity index (χ1) is 12.0. The second-order valence-corrected chi connectivity index (χ2v) is 7.18. The fraction of sp³-hybridized carbons (Fsp3) is 0.316. The van der Waals surface area contributed by atoms with Crippen molar-refractivity contribution in [1.29, 1.82) is 0 Å². The van der Waals surface area contributed by atoms with Crippen LogP contribution in [0.2, 0.25) is 10.0 Å². The molecule has 3 N–H and O–H groups in total. The molecular formula is C19H21Cl2N3O. The largest absolute Gasteiger partial charge is 0.399 e. The Balaban J connectivity index is 1.63.